The summed E-state index contributed by atoms with van der Waals surface area (Å²) < 4.78 is 0. The van der Waals surface area contributed by atoms with E-state index in [1.165, 1.54) is 11.3 Å². The summed E-state index contributed by atoms with van der Waals surface area (Å²) in [4.78, 5) is 36.1. The second kappa shape index (κ2) is 6.81. The van der Waals surface area contributed by atoms with Crippen molar-refractivity contribution < 1.29 is 9.59 Å². The Morgan fingerprint density at radius 3 is 2.85 bits per heavy atom. The molecule has 3 fully saturated rings. The van der Waals surface area contributed by atoms with Crippen molar-refractivity contribution in [2.45, 2.75) is 37.8 Å². The molecule has 0 unspecified atom stereocenters. The summed E-state index contributed by atoms with van der Waals surface area (Å²) in [5.74, 6) is 0.979. The Morgan fingerprint density at radius 1 is 1.38 bits per heavy atom. The Morgan fingerprint density at radius 2 is 2.15 bits per heavy atom. The summed E-state index contributed by atoms with van der Waals surface area (Å²) >= 11 is 1.31. The van der Waals surface area contributed by atoms with E-state index in [4.69, 9.17) is 5.73 Å². The van der Waals surface area contributed by atoms with E-state index in [2.05, 4.69) is 28.9 Å². The van der Waals surface area contributed by atoms with Crippen molar-refractivity contribution in [1.82, 2.24) is 19.7 Å². The van der Waals surface area contributed by atoms with E-state index in [-0.39, 0.29) is 18.0 Å². The number of likely N-dealkylation sites (tertiary alicyclic amines) is 1. The number of nitrogens with two attached hydrogens (primary N) is 1. The molecule has 1 aromatic heterocycles. The van der Waals surface area contributed by atoms with Crippen LogP contribution in [0.25, 0.3) is 0 Å². The first kappa shape index (κ1) is 17.7. The normalized spacial score (nSPS) is 31.3. The minimum atomic E-state index is -0.0214. The number of hydrogen-bond donors (Lipinski definition) is 1. The lowest BCUT2D eigenvalue weighted by atomic mass is 9.72. The second-order valence-corrected chi connectivity index (χ2v) is 9.02. The largest absolute Gasteiger partial charge is 0.375 e. The SMILES string of the molecule is CN(C)C[C@H]1[C@H]2C[C@H](CN(C(=O)c3csc(N)n3)C2)[C@@H]2CCCC(=O)N21. The van der Waals surface area contributed by atoms with E-state index in [1.807, 2.05) is 4.90 Å². The number of anilines is 1. The first-order valence-electron chi connectivity index (χ1n) is 9.40. The molecule has 4 atom stereocenters. The number of rotatable bonds is 3. The minimum Gasteiger partial charge on any atom is -0.375 e. The highest BCUT2D eigenvalue weighted by molar-refractivity contribution is 7.13. The Hall–Kier alpha value is -1.67. The van der Waals surface area contributed by atoms with Crippen molar-refractivity contribution in [3.8, 4) is 0 Å². The van der Waals surface area contributed by atoms with Crippen LogP contribution in [0.15, 0.2) is 5.38 Å². The van der Waals surface area contributed by atoms with Crippen LogP contribution in [0.4, 0.5) is 5.13 Å². The molecule has 0 radical (unpaired) electrons. The Kier molecular flexibility index (Phi) is 4.64. The first-order chi connectivity index (χ1) is 12.4. The van der Waals surface area contributed by atoms with Crippen LogP contribution in [0.3, 0.4) is 0 Å². The van der Waals surface area contributed by atoms with Crippen LogP contribution < -0.4 is 5.73 Å². The van der Waals surface area contributed by atoms with Crippen molar-refractivity contribution >= 4 is 28.3 Å². The lowest BCUT2D eigenvalue weighted by molar-refractivity contribution is -0.152. The molecule has 1 aromatic rings. The maximum absolute atomic E-state index is 12.9. The molecule has 3 aliphatic heterocycles. The minimum absolute atomic E-state index is 0.0214. The summed E-state index contributed by atoms with van der Waals surface area (Å²) in [6.45, 7) is 2.27. The van der Waals surface area contributed by atoms with Gasteiger partial charge in [-0.1, -0.05) is 0 Å². The molecule has 0 saturated carbocycles. The summed E-state index contributed by atoms with van der Waals surface area (Å²) in [5.41, 5.74) is 6.16. The molecule has 142 valence electrons. The molecule has 2 N–H and O–H groups in total. The van der Waals surface area contributed by atoms with Crippen molar-refractivity contribution in [2.24, 2.45) is 11.8 Å². The van der Waals surface area contributed by atoms with Crippen molar-refractivity contribution in [1.29, 1.82) is 0 Å². The van der Waals surface area contributed by atoms with E-state index < -0.39 is 0 Å². The Bertz CT molecular complexity index is 706. The van der Waals surface area contributed by atoms with Crippen LogP contribution in [0.1, 0.15) is 36.2 Å². The number of fused-ring (bicyclic) bond motifs is 4. The van der Waals surface area contributed by atoms with Gasteiger partial charge in [-0.3, -0.25) is 9.59 Å². The third-order valence-electron chi connectivity index (χ3n) is 6.08. The van der Waals surface area contributed by atoms with E-state index in [9.17, 15) is 9.59 Å². The lowest BCUT2D eigenvalue weighted by Crippen LogP contribution is -2.67. The average Bonchev–Trinajstić information content (AvgIpc) is 3.04. The molecule has 4 heterocycles. The first-order valence-corrected chi connectivity index (χ1v) is 10.3. The zero-order chi connectivity index (χ0) is 18.4. The maximum atomic E-state index is 12.9. The summed E-state index contributed by atoms with van der Waals surface area (Å²) in [5, 5.41) is 2.18. The standard InChI is InChI=1S/C18H27N5O2S/c1-21(2)9-15-12-6-11(14-4-3-5-16(24)23(14)15)7-22(8-12)17(25)13-10-26-18(19)20-13/h10-12,14-15H,3-9H2,1-2H3,(H2,19,20)/t11-,12+,14+,15+/m1/s1. The fourth-order valence-corrected chi connectivity index (χ4v) is 5.63. The number of likely N-dealkylation sites (N-methyl/N-ethyl adjacent to an activating group) is 1. The highest BCUT2D eigenvalue weighted by Crippen LogP contribution is 2.42. The van der Waals surface area contributed by atoms with Gasteiger partial charge in [-0.15, -0.1) is 11.3 Å². The predicted molar refractivity (Wildman–Crippen MR) is 101 cm³/mol. The number of piperidine rings is 3. The number of aromatic nitrogens is 1. The van der Waals surface area contributed by atoms with Crippen LogP contribution >= 0.6 is 11.3 Å². The van der Waals surface area contributed by atoms with Crippen molar-refractivity contribution in [3.05, 3.63) is 11.1 Å². The Balaban J connectivity index is 1.60. The third kappa shape index (κ3) is 3.09. The van der Waals surface area contributed by atoms with Gasteiger partial charge < -0.3 is 20.4 Å². The van der Waals surface area contributed by atoms with E-state index in [0.29, 0.717) is 41.5 Å². The van der Waals surface area contributed by atoms with E-state index in [1.54, 1.807) is 5.38 Å². The number of hydrogen-bond acceptors (Lipinski definition) is 6. The number of thiazole rings is 1. The van der Waals surface area contributed by atoms with Crippen LogP contribution in [0.2, 0.25) is 0 Å². The molecule has 2 bridgehead atoms. The molecule has 7 nitrogen and oxygen atoms in total. The van der Waals surface area contributed by atoms with Gasteiger partial charge in [-0.05, 0) is 45.2 Å². The number of amides is 2. The van der Waals surface area contributed by atoms with Gasteiger partial charge in [0.2, 0.25) is 5.91 Å². The highest BCUT2D eigenvalue weighted by atomic mass is 32.1. The summed E-state index contributed by atoms with van der Waals surface area (Å²) in [6, 6.07) is 0.462. The highest BCUT2D eigenvalue weighted by Gasteiger charge is 2.50. The third-order valence-corrected chi connectivity index (χ3v) is 6.75. The molecule has 4 rings (SSSR count). The van der Waals surface area contributed by atoms with E-state index in [0.717, 1.165) is 32.4 Å². The molecule has 2 amide bonds. The fourth-order valence-electron chi connectivity index (χ4n) is 5.10. The van der Waals surface area contributed by atoms with E-state index >= 15 is 0 Å². The van der Waals surface area contributed by atoms with Crippen LogP contribution in [-0.4, -0.2) is 77.3 Å². The molecular weight excluding hydrogens is 350 g/mol. The molecule has 3 saturated heterocycles. The summed E-state index contributed by atoms with van der Waals surface area (Å²) in [7, 11) is 4.11. The number of nitrogens with zero attached hydrogens (tertiary/aromatic N) is 4. The molecule has 8 heteroatoms. The van der Waals surface area contributed by atoms with Gasteiger partial charge in [0, 0.05) is 43.5 Å². The van der Waals surface area contributed by atoms with Gasteiger partial charge >= 0.3 is 0 Å². The summed E-state index contributed by atoms with van der Waals surface area (Å²) in [6.07, 6.45) is 3.79. The molecule has 3 aliphatic rings. The van der Waals surface area contributed by atoms with Gasteiger partial charge in [-0.25, -0.2) is 4.98 Å². The van der Waals surface area contributed by atoms with Gasteiger partial charge in [0.25, 0.3) is 5.91 Å². The Labute approximate surface area is 158 Å². The average molecular weight is 378 g/mol. The van der Waals surface area contributed by atoms with Gasteiger partial charge in [0.05, 0.1) is 0 Å². The number of carbonyl (C=O) groups excluding carboxylic acids is 2. The number of carbonyl (C=O) groups is 2. The van der Waals surface area contributed by atoms with Crippen LogP contribution in [0.5, 0.6) is 0 Å². The topological polar surface area (TPSA) is 82.8 Å². The maximum Gasteiger partial charge on any atom is 0.273 e. The monoisotopic (exact) mass is 377 g/mol. The zero-order valence-electron chi connectivity index (χ0n) is 15.4. The lowest BCUT2D eigenvalue weighted by Gasteiger charge is -2.57. The predicted octanol–water partition coefficient (Wildman–Crippen LogP) is 1.13. The van der Waals surface area contributed by atoms with Gasteiger partial charge in [0.15, 0.2) is 5.13 Å². The van der Waals surface area contributed by atoms with Crippen LogP contribution in [-0.2, 0) is 4.79 Å². The molecular formula is C18H27N5O2S. The van der Waals surface area contributed by atoms with Crippen LogP contribution in [0, 0.1) is 11.8 Å². The number of nitrogen functional groups attached to an aromatic ring is 1. The molecule has 0 spiro atoms. The molecule has 0 aromatic carbocycles. The smallest absolute Gasteiger partial charge is 0.273 e. The fraction of sp³-hybridized carbons (Fsp3) is 0.722. The quantitative estimate of drug-likeness (QED) is 0.854. The molecule has 0 aliphatic carbocycles. The van der Waals surface area contributed by atoms with Gasteiger partial charge in [-0.2, -0.15) is 0 Å². The van der Waals surface area contributed by atoms with Crippen molar-refractivity contribution in [2.75, 3.05) is 39.5 Å². The second-order valence-electron chi connectivity index (χ2n) is 8.13. The van der Waals surface area contributed by atoms with Gasteiger partial charge in [0.1, 0.15) is 5.69 Å². The molecule has 26 heavy (non-hydrogen) atoms. The zero-order valence-corrected chi connectivity index (χ0v) is 16.2. The van der Waals surface area contributed by atoms with Crippen molar-refractivity contribution in [3.63, 3.8) is 0 Å².